The second kappa shape index (κ2) is 7.12. The van der Waals surface area contributed by atoms with Crippen molar-refractivity contribution >= 4 is 5.78 Å². The van der Waals surface area contributed by atoms with Gasteiger partial charge in [0.25, 0.3) is 0 Å². The van der Waals surface area contributed by atoms with E-state index in [-0.39, 0.29) is 23.4 Å². The van der Waals surface area contributed by atoms with Gasteiger partial charge in [-0.05, 0) is 54.9 Å². The predicted molar refractivity (Wildman–Crippen MR) is 95.1 cm³/mol. The molecule has 1 fully saturated rings. The van der Waals surface area contributed by atoms with Crippen LogP contribution in [0.3, 0.4) is 0 Å². The molecular weight excluding hydrogens is 319 g/mol. The molecular formula is C21H25FO3. The van der Waals surface area contributed by atoms with E-state index in [1.807, 2.05) is 0 Å². The van der Waals surface area contributed by atoms with Crippen LogP contribution in [0.15, 0.2) is 42.5 Å². The summed E-state index contributed by atoms with van der Waals surface area (Å²) in [4.78, 5) is 12.3. The zero-order valence-corrected chi connectivity index (χ0v) is 14.9. The number of rotatable bonds is 6. The summed E-state index contributed by atoms with van der Waals surface area (Å²) < 4.78 is 25.6. The van der Waals surface area contributed by atoms with E-state index in [9.17, 15) is 9.18 Å². The molecule has 3 nitrogen and oxygen atoms in total. The summed E-state index contributed by atoms with van der Waals surface area (Å²) in [5.74, 6) is 0.394. The molecule has 0 N–H and O–H groups in total. The minimum Gasteiger partial charge on any atom is -0.497 e. The number of allylic oxidation sites excluding steroid dienone is 2. The first-order valence-electron chi connectivity index (χ1n) is 8.82. The molecule has 4 heteroatoms. The Morgan fingerprint density at radius 2 is 2.32 bits per heavy atom. The van der Waals surface area contributed by atoms with Crippen LogP contribution in [0.25, 0.3) is 0 Å². The van der Waals surface area contributed by atoms with Gasteiger partial charge < -0.3 is 9.47 Å². The molecule has 0 bridgehead atoms. The van der Waals surface area contributed by atoms with E-state index in [2.05, 4.69) is 13.5 Å². The first kappa shape index (κ1) is 17.9. The third kappa shape index (κ3) is 3.28. The van der Waals surface area contributed by atoms with Gasteiger partial charge in [0, 0.05) is 12.0 Å². The lowest BCUT2D eigenvalue weighted by Crippen LogP contribution is -2.44. The highest BCUT2D eigenvalue weighted by molar-refractivity contribution is 5.94. The maximum atomic E-state index is 14.4. The molecule has 2 aliphatic rings. The number of benzene rings is 1. The van der Waals surface area contributed by atoms with Gasteiger partial charge in [-0.15, -0.1) is 6.58 Å². The highest BCUT2D eigenvalue weighted by Gasteiger charge is 2.49. The monoisotopic (exact) mass is 344 g/mol. The van der Waals surface area contributed by atoms with Crippen molar-refractivity contribution in [3.8, 4) is 5.75 Å². The summed E-state index contributed by atoms with van der Waals surface area (Å²) in [6.45, 7) is 6.47. The SMILES string of the molecule is C=CC[C@H]1C[C@]2([C@H](C)Cc3ccc(OC)cc3F)OCCC2=CC1=O. The lowest BCUT2D eigenvalue weighted by molar-refractivity contribution is -0.123. The highest BCUT2D eigenvalue weighted by Crippen LogP contribution is 2.47. The van der Waals surface area contributed by atoms with E-state index in [0.717, 1.165) is 12.0 Å². The highest BCUT2D eigenvalue weighted by atomic mass is 19.1. The zero-order valence-electron chi connectivity index (χ0n) is 14.9. The topological polar surface area (TPSA) is 35.5 Å². The number of methoxy groups -OCH3 is 1. The van der Waals surface area contributed by atoms with Crippen molar-refractivity contribution in [2.75, 3.05) is 13.7 Å². The van der Waals surface area contributed by atoms with Crippen LogP contribution in [0.4, 0.5) is 4.39 Å². The minimum absolute atomic E-state index is 0.0737. The standard InChI is InChI=1S/C21H25FO3/c1-4-5-16-13-21(17(8-9-25-21)11-20(16)23)14(2)10-15-6-7-18(24-3)12-19(15)22/h4,6-7,11-12,14,16H,1,5,8-10,13H2,2-3H3/t14-,16+,21-/m1/s1. The first-order valence-corrected chi connectivity index (χ1v) is 8.82. The van der Waals surface area contributed by atoms with Crippen molar-refractivity contribution in [2.24, 2.45) is 11.8 Å². The Kier molecular flexibility index (Phi) is 5.09. The molecule has 1 aliphatic heterocycles. The largest absolute Gasteiger partial charge is 0.497 e. The summed E-state index contributed by atoms with van der Waals surface area (Å²) in [7, 11) is 1.53. The van der Waals surface area contributed by atoms with E-state index in [1.165, 1.54) is 13.2 Å². The molecule has 0 radical (unpaired) electrons. The fraction of sp³-hybridized carbons (Fsp3) is 0.476. The van der Waals surface area contributed by atoms with Gasteiger partial charge in [-0.2, -0.15) is 0 Å². The van der Waals surface area contributed by atoms with Gasteiger partial charge in [-0.25, -0.2) is 4.39 Å². The molecule has 1 aromatic rings. The number of carbonyl (C=O) groups excluding carboxylic acids is 1. The summed E-state index contributed by atoms with van der Waals surface area (Å²) >= 11 is 0. The number of ether oxygens (including phenoxy) is 2. The predicted octanol–water partition coefficient (Wildman–Crippen LogP) is 4.26. The smallest absolute Gasteiger partial charge is 0.159 e. The van der Waals surface area contributed by atoms with E-state index in [1.54, 1.807) is 24.3 Å². The fourth-order valence-electron chi connectivity index (χ4n) is 4.16. The number of halogens is 1. The fourth-order valence-corrected chi connectivity index (χ4v) is 4.16. The van der Waals surface area contributed by atoms with Crippen molar-refractivity contribution in [2.45, 2.75) is 38.2 Å². The normalized spacial score (nSPS) is 26.8. The van der Waals surface area contributed by atoms with Gasteiger partial charge in [-0.1, -0.05) is 19.1 Å². The van der Waals surface area contributed by atoms with Crippen molar-refractivity contribution in [3.05, 3.63) is 53.9 Å². The lowest BCUT2D eigenvalue weighted by Gasteiger charge is -2.41. The average molecular weight is 344 g/mol. The van der Waals surface area contributed by atoms with E-state index >= 15 is 0 Å². The zero-order chi connectivity index (χ0) is 18.0. The van der Waals surface area contributed by atoms with E-state index in [4.69, 9.17) is 9.47 Å². The second-order valence-corrected chi connectivity index (χ2v) is 7.05. The molecule has 3 atom stereocenters. The van der Waals surface area contributed by atoms with Crippen LogP contribution in [0, 0.1) is 17.7 Å². The van der Waals surface area contributed by atoms with Crippen molar-refractivity contribution < 1.29 is 18.7 Å². The lowest BCUT2D eigenvalue weighted by atomic mass is 9.68. The van der Waals surface area contributed by atoms with Gasteiger partial charge >= 0.3 is 0 Å². The van der Waals surface area contributed by atoms with Crippen LogP contribution < -0.4 is 4.74 Å². The van der Waals surface area contributed by atoms with Crippen LogP contribution in [-0.2, 0) is 16.0 Å². The molecule has 1 heterocycles. The molecule has 0 spiro atoms. The maximum Gasteiger partial charge on any atom is 0.159 e. The molecule has 1 saturated heterocycles. The Labute approximate surface area is 148 Å². The minimum atomic E-state index is -0.464. The molecule has 1 aliphatic carbocycles. The Hall–Kier alpha value is -1.94. The van der Waals surface area contributed by atoms with Gasteiger partial charge in [0.15, 0.2) is 5.78 Å². The van der Waals surface area contributed by atoms with Gasteiger partial charge in [0.2, 0.25) is 0 Å². The van der Waals surface area contributed by atoms with Crippen molar-refractivity contribution in [3.63, 3.8) is 0 Å². The van der Waals surface area contributed by atoms with Crippen molar-refractivity contribution in [1.82, 2.24) is 0 Å². The summed E-state index contributed by atoms with van der Waals surface area (Å²) in [6.07, 6.45) is 6.20. The average Bonchev–Trinajstić information content (AvgIpc) is 3.01. The Balaban J connectivity index is 1.86. The van der Waals surface area contributed by atoms with Crippen LogP contribution in [0.2, 0.25) is 0 Å². The molecule has 0 unspecified atom stereocenters. The van der Waals surface area contributed by atoms with Crippen molar-refractivity contribution in [1.29, 1.82) is 0 Å². The molecule has 134 valence electrons. The molecule has 3 rings (SSSR count). The van der Waals surface area contributed by atoms with Crippen LogP contribution in [0.1, 0.15) is 31.7 Å². The van der Waals surface area contributed by atoms with Gasteiger partial charge in [-0.3, -0.25) is 4.79 Å². The summed E-state index contributed by atoms with van der Waals surface area (Å²) in [6, 6.07) is 4.96. The molecule has 0 amide bonds. The number of hydrogen-bond acceptors (Lipinski definition) is 3. The van der Waals surface area contributed by atoms with E-state index < -0.39 is 5.60 Å². The Bertz CT molecular complexity index is 709. The molecule has 0 saturated carbocycles. The van der Waals surface area contributed by atoms with Gasteiger partial charge in [0.05, 0.1) is 19.3 Å². The molecule has 1 aromatic carbocycles. The first-order chi connectivity index (χ1) is 12.0. The number of ketones is 1. The number of carbonyl (C=O) groups is 1. The Morgan fingerprint density at radius 3 is 3.00 bits per heavy atom. The summed E-state index contributed by atoms with van der Waals surface area (Å²) in [5, 5.41) is 0. The van der Waals surface area contributed by atoms with Crippen LogP contribution in [0.5, 0.6) is 5.75 Å². The summed E-state index contributed by atoms with van der Waals surface area (Å²) in [5.41, 5.74) is 1.25. The number of fused-ring (bicyclic) bond motifs is 1. The molecule has 25 heavy (non-hydrogen) atoms. The number of hydrogen-bond donors (Lipinski definition) is 0. The van der Waals surface area contributed by atoms with Crippen LogP contribution in [-0.4, -0.2) is 25.1 Å². The third-order valence-corrected chi connectivity index (χ3v) is 5.58. The maximum absolute atomic E-state index is 14.4. The quantitative estimate of drug-likeness (QED) is 0.723. The Morgan fingerprint density at radius 1 is 1.52 bits per heavy atom. The second-order valence-electron chi connectivity index (χ2n) is 7.05. The molecule has 0 aromatic heterocycles. The van der Waals surface area contributed by atoms with Gasteiger partial charge in [0.1, 0.15) is 11.6 Å². The van der Waals surface area contributed by atoms with E-state index in [0.29, 0.717) is 37.2 Å². The van der Waals surface area contributed by atoms with Crippen LogP contribution >= 0.6 is 0 Å². The third-order valence-electron chi connectivity index (χ3n) is 5.58.